The van der Waals surface area contributed by atoms with Gasteiger partial charge in [0, 0.05) is 30.3 Å². The monoisotopic (exact) mass is 942 g/mol. The number of rotatable bonds is 6. The molecule has 0 saturated carbocycles. The predicted octanol–water partition coefficient (Wildman–Crippen LogP) is 8.12. The molecule has 0 aromatic heterocycles. The quantitative estimate of drug-likeness (QED) is 0.0731. The summed E-state index contributed by atoms with van der Waals surface area (Å²) in [4.78, 5) is 1.81. The second-order valence-electron chi connectivity index (χ2n) is 8.62. The maximum Gasteiger partial charge on any atom is 1.00 e. The van der Waals surface area contributed by atoms with Crippen molar-refractivity contribution in [3.05, 3.63) is 170 Å². The van der Waals surface area contributed by atoms with Crippen LogP contribution in [0.2, 0.25) is 0 Å². The first-order chi connectivity index (χ1) is 18.6. The van der Waals surface area contributed by atoms with Crippen LogP contribution in [-0.2, 0) is 76.4 Å². The molecule has 0 nitrogen and oxygen atoms in total. The van der Waals surface area contributed by atoms with Gasteiger partial charge in [-0.3, -0.25) is 0 Å². The molecule has 5 aromatic rings. The summed E-state index contributed by atoms with van der Waals surface area (Å²) in [6.45, 7) is 8.38. The molecule has 40 heavy (non-hydrogen) atoms. The Bertz CT molecular complexity index is 1240. The minimum atomic E-state index is -0.922. The van der Waals surface area contributed by atoms with Crippen LogP contribution < -0.4 is 10.6 Å². The van der Waals surface area contributed by atoms with Crippen molar-refractivity contribution in [2.75, 3.05) is 0 Å². The van der Waals surface area contributed by atoms with Crippen LogP contribution in [0.3, 0.4) is 0 Å². The van der Waals surface area contributed by atoms with Crippen LogP contribution in [0.25, 0.3) is 6.08 Å². The number of hydrogen-bond donors (Lipinski definition) is 0. The fourth-order valence-electron chi connectivity index (χ4n) is 3.89. The maximum atomic E-state index is 4.81. The van der Waals surface area contributed by atoms with E-state index in [1.807, 2.05) is 66.7 Å². The zero-order valence-electron chi connectivity index (χ0n) is 22.1. The molecule has 0 amide bonds. The fourth-order valence-corrected chi connectivity index (χ4v) is 7.02. The van der Waals surface area contributed by atoms with E-state index >= 15 is 0 Å². The average molecular weight is 943 g/mol. The summed E-state index contributed by atoms with van der Waals surface area (Å²) in [5.74, 6) is 0. The molecule has 5 aromatic carbocycles. The first-order valence-electron chi connectivity index (χ1n) is 12.5. The van der Waals surface area contributed by atoms with Gasteiger partial charge in [0.1, 0.15) is 0 Å². The standard InChI is InChI=1S/C23H22P.2C6H6S.2Au/c1-3-20-14-16-21(17-15-20)18-19(2)24(22-10-6-4-7-11-22)23-12-8-5-9-13-23;2*7-6-4-2-1-3-5-6;;/h3-17,19H,1-2,18H2;2*1-5,7H;;/q-1;;;;+1/p-1. The topological polar surface area (TPSA) is 0 Å². The average Bonchev–Trinajstić information content (AvgIpc) is 2.96. The molecule has 0 N–H and O–H groups in total. The normalized spacial score (nSPS) is 10.2. The van der Waals surface area contributed by atoms with Crippen molar-refractivity contribution in [3.63, 3.8) is 0 Å². The molecular formula is C35H33Au2PS2-. The van der Waals surface area contributed by atoms with Gasteiger partial charge in [0.2, 0.25) is 0 Å². The van der Waals surface area contributed by atoms with Crippen molar-refractivity contribution < 1.29 is 44.8 Å². The predicted molar refractivity (Wildman–Crippen MR) is 174 cm³/mol. The summed E-state index contributed by atoms with van der Waals surface area (Å²) >= 11 is 9.62. The summed E-state index contributed by atoms with van der Waals surface area (Å²) in [6, 6.07) is 49.6. The van der Waals surface area contributed by atoms with Gasteiger partial charge in [0.15, 0.2) is 0 Å². The van der Waals surface area contributed by atoms with Gasteiger partial charge in [-0.2, -0.15) is 9.79 Å². The minimum Gasteiger partial charge on any atom is -0.780 e. The van der Waals surface area contributed by atoms with Gasteiger partial charge < -0.3 is 32.2 Å². The van der Waals surface area contributed by atoms with Gasteiger partial charge in [-0.25, -0.2) is 0 Å². The zero-order valence-corrected chi connectivity index (χ0v) is 29.0. The first-order valence-corrected chi connectivity index (χ1v) is 14.9. The van der Waals surface area contributed by atoms with Crippen LogP contribution in [0.4, 0.5) is 0 Å². The van der Waals surface area contributed by atoms with Crippen molar-refractivity contribution in [2.24, 2.45) is 0 Å². The van der Waals surface area contributed by atoms with Gasteiger partial charge in [0.05, 0.1) is 10.6 Å². The summed E-state index contributed by atoms with van der Waals surface area (Å²) < 4.78 is 0. The fraction of sp³-hybridized carbons (Fsp3) is 0.0571. The van der Waals surface area contributed by atoms with E-state index in [1.54, 1.807) is 0 Å². The van der Waals surface area contributed by atoms with Gasteiger partial charge in [-0.15, -0.1) is 0 Å². The van der Waals surface area contributed by atoms with Crippen LogP contribution >= 0.6 is 7.92 Å². The van der Waals surface area contributed by atoms with Crippen LogP contribution in [-0.4, -0.2) is 5.66 Å². The van der Waals surface area contributed by atoms with E-state index in [9.17, 15) is 0 Å². The number of hydrogen-bond acceptors (Lipinski definition) is 2. The second kappa shape index (κ2) is 21.0. The summed E-state index contributed by atoms with van der Waals surface area (Å²) in [5.41, 5.74) is 2.88. The Kier molecular flexibility index (Phi) is 19.0. The van der Waals surface area contributed by atoms with E-state index in [0.29, 0.717) is 5.66 Å². The third-order valence-corrected chi connectivity index (χ3v) is 9.24. The molecule has 5 rings (SSSR count). The second-order valence-corrected chi connectivity index (χ2v) is 12.4. The molecule has 0 bridgehead atoms. The first kappa shape index (κ1) is 36.2. The Balaban J connectivity index is 0.000000410. The van der Waals surface area contributed by atoms with E-state index in [-0.39, 0.29) is 44.8 Å². The van der Waals surface area contributed by atoms with Crippen molar-refractivity contribution in [3.8, 4) is 0 Å². The number of benzene rings is 5. The molecular weight excluding hydrogens is 909 g/mol. The zero-order chi connectivity index (χ0) is 27.0. The largest absolute Gasteiger partial charge is 1.00 e. The summed E-state index contributed by atoms with van der Waals surface area (Å²) in [7, 11) is -0.922. The smallest absolute Gasteiger partial charge is 0.780 e. The molecule has 0 saturated heterocycles. The van der Waals surface area contributed by atoms with Gasteiger partial charge in [-0.1, -0.05) is 134 Å². The van der Waals surface area contributed by atoms with Gasteiger partial charge in [0.25, 0.3) is 0 Å². The molecule has 0 heterocycles. The van der Waals surface area contributed by atoms with E-state index in [1.165, 1.54) is 16.2 Å². The maximum absolute atomic E-state index is 4.81. The van der Waals surface area contributed by atoms with Crippen molar-refractivity contribution >= 4 is 49.9 Å². The molecule has 1 unspecified atom stereocenters. The molecule has 213 valence electrons. The Hall–Kier alpha value is -1.81. The Labute approximate surface area is 284 Å². The van der Waals surface area contributed by atoms with Crippen LogP contribution in [0.15, 0.2) is 162 Å². The third kappa shape index (κ3) is 13.2. The van der Waals surface area contributed by atoms with Crippen LogP contribution in [0.1, 0.15) is 11.1 Å². The molecule has 0 aliphatic rings. The SMILES string of the molecule is C=Cc1ccc(CC([CH2-])[PH+](c2ccccc2)c2ccccc2)cc1.[Au+].[Au].[S-]c1ccccc1.[S-]c1ccccc1. The Morgan fingerprint density at radius 2 is 0.950 bits per heavy atom. The van der Waals surface area contributed by atoms with Crippen molar-refractivity contribution in [1.82, 2.24) is 0 Å². The van der Waals surface area contributed by atoms with Gasteiger partial charge >= 0.3 is 22.4 Å². The van der Waals surface area contributed by atoms with Crippen molar-refractivity contribution in [1.29, 1.82) is 0 Å². The van der Waals surface area contributed by atoms with E-state index in [0.717, 1.165) is 21.8 Å². The van der Waals surface area contributed by atoms with Crippen LogP contribution in [0, 0.1) is 6.92 Å². The van der Waals surface area contributed by atoms with E-state index in [2.05, 4.69) is 98.4 Å². The minimum absolute atomic E-state index is 0. The molecule has 0 spiro atoms. The molecule has 1 atom stereocenters. The third-order valence-electron chi connectivity index (χ3n) is 5.76. The molecule has 0 aliphatic carbocycles. The molecule has 0 aliphatic heterocycles. The Morgan fingerprint density at radius 3 is 1.25 bits per heavy atom. The molecule has 0 fully saturated rings. The Morgan fingerprint density at radius 1 is 0.600 bits per heavy atom. The van der Waals surface area contributed by atoms with E-state index < -0.39 is 7.92 Å². The summed E-state index contributed by atoms with van der Waals surface area (Å²) in [5, 5.41) is 2.85. The van der Waals surface area contributed by atoms with Crippen LogP contribution in [0.5, 0.6) is 0 Å². The molecule has 1 radical (unpaired) electrons. The molecule has 5 heteroatoms. The summed E-state index contributed by atoms with van der Waals surface area (Å²) in [6.07, 6.45) is 2.88. The van der Waals surface area contributed by atoms with E-state index in [4.69, 9.17) is 25.3 Å². The van der Waals surface area contributed by atoms with Gasteiger partial charge in [-0.05, 0) is 47.5 Å². The van der Waals surface area contributed by atoms with Crippen molar-refractivity contribution in [2.45, 2.75) is 21.9 Å².